The Labute approximate surface area is 181 Å². The molecular weight excluding hydrogens is 413 g/mol. The van der Waals surface area contributed by atoms with Crippen LogP contribution in [-0.4, -0.2) is 46.4 Å². The average molecular weight is 442 g/mol. The third-order valence-electron chi connectivity index (χ3n) is 5.55. The van der Waals surface area contributed by atoms with Crippen molar-refractivity contribution in [3.05, 3.63) is 28.0 Å². The Morgan fingerprint density at radius 2 is 1.93 bits per heavy atom. The van der Waals surface area contributed by atoms with Gasteiger partial charge < -0.3 is 19.5 Å². The van der Waals surface area contributed by atoms with Gasteiger partial charge in [-0.1, -0.05) is 11.6 Å². The molecule has 2 aliphatic heterocycles. The lowest BCUT2D eigenvalue weighted by atomic mass is 9.79. The van der Waals surface area contributed by atoms with E-state index in [1.807, 2.05) is 13.8 Å². The molecule has 3 rings (SSSR count). The van der Waals surface area contributed by atoms with E-state index in [9.17, 15) is 19.1 Å². The standard InChI is InChI=1S/C22H29ClFNO5/c1-21(2,3)30-20(28)25-8-6-12(7-9-25)16(19(26)27)13-10-15-14(18(24)17(13)23)11-22(4,5)29-15/h10,12,16H,6-9,11H2,1-5H3,(H,26,27). The number of fused-ring (bicyclic) bond motifs is 1. The van der Waals surface area contributed by atoms with Gasteiger partial charge in [-0.15, -0.1) is 0 Å². The zero-order chi connectivity index (χ0) is 22.4. The fraction of sp³-hybridized carbons (Fsp3) is 0.636. The van der Waals surface area contributed by atoms with Gasteiger partial charge in [0.2, 0.25) is 0 Å². The maximum absolute atomic E-state index is 14.9. The van der Waals surface area contributed by atoms with Gasteiger partial charge in [-0.05, 0) is 65.0 Å². The number of halogens is 2. The highest BCUT2D eigenvalue weighted by molar-refractivity contribution is 6.32. The lowest BCUT2D eigenvalue weighted by Gasteiger charge is -2.35. The normalized spacial score (nSPS) is 19.8. The first kappa shape index (κ1) is 22.7. The molecule has 1 N–H and O–H groups in total. The van der Waals surface area contributed by atoms with Gasteiger partial charge in [-0.3, -0.25) is 4.79 Å². The maximum atomic E-state index is 14.9. The van der Waals surface area contributed by atoms with Gasteiger partial charge in [0.05, 0.1) is 10.9 Å². The van der Waals surface area contributed by atoms with E-state index in [-0.39, 0.29) is 16.5 Å². The van der Waals surface area contributed by atoms with Crippen molar-refractivity contribution < 1.29 is 28.6 Å². The topological polar surface area (TPSA) is 76.1 Å². The number of piperidine rings is 1. The molecule has 0 aromatic heterocycles. The van der Waals surface area contributed by atoms with Gasteiger partial charge in [-0.2, -0.15) is 0 Å². The number of hydrogen-bond acceptors (Lipinski definition) is 4. The summed E-state index contributed by atoms with van der Waals surface area (Å²) in [5.74, 6) is -2.58. The predicted molar refractivity (Wildman–Crippen MR) is 111 cm³/mol. The van der Waals surface area contributed by atoms with Gasteiger partial charge in [0.15, 0.2) is 0 Å². The first-order valence-corrected chi connectivity index (χ1v) is 10.6. The molecule has 1 fully saturated rings. The zero-order valence-corrected chi connectivity index (χ0v) is 18.8. The highest BCUT2D eigenvalue weighted by Crippen LogP contribution is 2.45. The highest BCUT2D eigenvalue weighted by Gasteiger charge is 2.40. The lowest BCUT2D eigenvalue weighted by molar-refractivity contribution is -0.140. The van der Waals surface area contributed by atoms with Crippen LogP contribution in [0.3, 0.4) is 0 Å². The Hall–Kier alpha value is -2.02. The minimum absolute atomic E-state index is 0.156. The summed E-state index contributed by atoms with van der Waals surface area (Å²) in [6.07, 6.45) is 0.875. The summed E-state index contributed by atoms with van der Waals surface area (Å²) < 4.78 is 26.2. The summed E-state index contributed by atoms with van der Waals surface area (Å²) in [6.45, 7) is 9.83. The number of benzene rings is 1. The molecule has 1 saturated heterocycles. The Kier molecular flexibility index (Phi) is 5.98. The van der Waals surface area contributed by atoms with Gasteiger partial charge in [-0.25, -0.2) is 9.18 Å². The van der Waals surface area contributed by atoms with E-state index in [2.05, 4.69) is 0 Å². The van der Waals surface area contributed by atoms with Crippen molar-refractivity contribution in [1.82, 2.24) is 4.90 Å². The van der Waals surface area contributed by atoms with Gasteiger partial charge >= 0.3 is 12.1 Å². The third kappa shape index (κ3) is 4.66. The zero-order valence-electron chi connectivity index (χ0n) is 18.1. The van der Waals surface area contributed by atoms with Gasteiger partial charge in [0.1, 0.15) is 22.8 Å². The minimum atomic E-state index is -1.07. The number of aliphatic carboxylic acids is 1. The molecule has 166 valence electrons. The van der Waals surface area contributed by atoms with Crippen LogP contribution in [0.5, 0.6) is 5.75 Å². The van der Waals surface area contributed by atoms with E-state index >= 15 is 0 Å². The second-order valence-electron chi connectivity index (χ2n) is 9.73. The van der Waals surface area contributed by atoms with Crippen LogP contribution >= 0.6 is 11.6 Å². The molecule has 0 bridgehead atoms. The van der Waals surface area contributed by atoms with Crippen molar-refractivity contribution >= 4 is 23.7 Å². The fourth-order valence-corrected chi connectivity index (χ4v) is 4.52. The summed E-state index contributed by atoms with van der Waals surface area (Å²) in [4.78, 5) is 26.0. The first-order chi connectivity index (χ1) is 13.8. The number of carbonyl (C=O) groups excluding carboxylic acids is 1. The van der Waals surface area contributed by atoms with Gasteiger partial charge in [0, 0.05) is 25.1 Å². The Morgan fingerprint density at radius 3 is 2.47 bits per heavy atom. The molecule has 1 aromatic rings. The molecule has 1 unspecified atom stereocenters. The molecule has 6 nitrogen and oxygen atoms in total. The minimum Gasteiger partial charge on any atom is -0.487 e. The quantitative estimate of drug-likeness (QED) is 0.713. The highest BCUT2D eigenvalue weighted by atomic mass is 35.5. The van der Waals surface area contributed by atoms with E-state index < -0.39 is 35.0 Å². The molecule has 0 spiro atoms. The number of nitrogens with zero attached hydrogens (tertiary/aromatic N) is 1. The van der Waals surface area contributed by atoms with Crippen LogP contribution < -0.4 is 4.74 Å². The van der Waals surface area contributed by atoms with Crippen LogP contribution in [0.25, 0.3) is 0 Å². The molecule has 0 aliphatic carbocycles. The molecule has 1 atom stereocenters. The number of ether oxygens (including phenoxy) is 2. The first-order valence-electron chi connectivity index (χ1n) is 10.2. The smallest absolute Gasteiger partial charge is 0.410 e. The lowest BCUT2D eigenvalue weighted by Crippen LogP contribution is -2.43. The summed E-state index contributed by atoms with van der Waals surface area (Å²) >= 11 is 6.30. The average Bonchev–Trinajstić information content (AvgIpc) is 2.93. The fourth-order valence-electron chi connectivity index (χ4n) is 4.23. The number of carbonyl (C=O) groups is 2. The third-order valence-corrected chi connectivity index (χ3v) is 5.93. The van der Waals surface area contributed by atoms with Crippen molar-refractivity contribution in [2.24, 2.45) is 5.92 Å². The van der Waals surface area contributed by atoms with E-state index in [1.54, 1.807) is 31.7 Å². The Bertz CT molecular complexity index is 856. The van der Waals surface area contributed by atoms with Crippen LogP contribution in [0.1, 0.15) is 64.5 Å². The van der Waals surface area contributed by atoms with Crippen molar-refractivity contribution in [3.63, 3.8) is 0 Å². The molecule has 8 heteroatoms. The van der Waals surface area contributed by atoms with Crippen LogP contribution in [0.2, 0.25) is 5.02 Å². The number of likely N-dealkylation sites (tertiary alicyclic amines) is 1. The molecule has 30 heavy (non-hydrogen) atoms. The molecule has 2 aliphatic rings. The second-order valence-corrected chi connectivity index (χ2v) is 10.1. The van der Waals surface area contributed by atoms with Crippen LogP contribution in [0.15, 0.2) is 6.07 Å². The number of carboxylic acid groups (broad SMARTS) is 1. The maximum Gasteiger partial charge on any atom is 0.410 e. The van der Waals surface area contributed by atoms with E-state index in [1.165, 1.54) is 0 Å². The van der Waals surface area contributed by atoms with Crippen LogP contribution in [0.4, 0.5) is 9.18 Å². The molecule has 0 radical (unpaired) electrons. The molecule has 0 saturated carbocycles. The largest absolute Gasteiger partial charge is 0.487 e. The van der Waals surface area contributed by atoms with Crippen molar-refractivity contribution in [3.8, 4) is 5.75 Å². The monoisotopic (exact) mass is 441 g/mol. The summed E-state index contributed by atoms with van der Waals surface area (Å²) in [6, 6.07) is 1.58. The van der Waals surface area contributed by atoms with Crippen LogP contribution in [0, 0.1) is 11.7 Å². The van der Waals surface area contributed by atoms with E-state index in [0.29, 0.717) is 43.7 Å². The Balaban J connectivity index is 1.81. The summed E-state index contributed by atoms with van der Waals surface area (Å²) in [5.41, 5.74) is -0.546. The number of rotatable bonds is 3. The van der Waals surface area contributed by atoms with Crippen LogP contribution in [-0.2, 0) is 16.0 Å². The number of hydrogen-bond donors (Lipinski definition) is 1. The van der Waals surface area contributed by atoms with Crippen molar-refractivity contribution in [2.45, 2.75) is 71.0 Å². The van der Waals surface area contributed by atoms with Crippen molar-refractivity contribution in [2.75, 3.05) is 13.1 Å². The predicted octanol–water partition coefficient (Wildman–Crippen LogP) is 5.01. The number of carboxylic acids is 1. The van der Waals surface area contributed by atoms with Gasteiger partial charge in [0.25, 0.3) is 0 Å². The van der Waals surface area contributed by atoms with Crippen molar-refractivity contribution in [1.29, 1.82) is 0 Å². The summed E-state index contributed by atoms with van der Waals surface area (Å²) in [5, 5.41) is 9.79. The van der Waals surface area contributed by atoms with E-state index in [0.717, 1.165) is 0 Å². The molecule has 1 amide bonds. The molecule has 1 aromatic carbocycles. The Morgan fingerprint density at radius 1 is 1.33 bits per heavy atom. The second kappa shape index (κ2) is 7.91. The SMILES string of the molecule is CC(C)(C)OC(=O)N1CCC(C(C(=O)O)c2cc3c(c(F)c2Cl)CC(C)(C)O3)CC1. The molecular formula is C22H29ClFNO5. The number of amides is 1. The summed E-state index contributed by atoms with van der Waals surface area (Å²) in [7, 11) is 0. The molecule has 2 heterocycles. The van der Waals surface area contributed by atoms with E-state index in [4.69, 9.17) is 21.1 Å².